The highest BCUT2D eigenvalue weighted by atomic mass is 16.5. The fourth-order valence-electron chi connectivity index (χ4n) is 3.18. The van der Waals surface area contributed by atoms with Crippen molar-refractivity contribution in [2.45, 2.75) is 19.6 Å². The first-order chi connectivity index (χ1) is 13.6. The second kappa shape index (κ2) is 10.1. The Bertz CT molecular complexity index is 775. The molecule has 1 fully saturated rings. The van der Waals surface area contributed by atoms with Crippen LogP contribution in [0.4, 0.5) is 10.6 Å². The molecule has 2 heterocycles. The minimum atomic E-state index is -0.176. The van der Waals surface area contributed by atoms with Crippen molar-refractivity contribution in [2.24, 2.45) is 0 Å². The van der Waals surface area contributed by atoms with Gasteiger partial charge in [0.2, 0.25) is 0 Å². The van der Waals surface area contributed by atoms with Gasteiger partial charge in [0, 0.05) is 38.9 Å². The first-order valence-corrected chi connectivity index (χ1v) is 9.62. The van der Waals surface area contributed by atoms with Crippen LogP contribution in [0.3, 0.4) is 0 Å². The maximum absolute atomic E-state index is 12.2. The number of amides is 2. The molecule has 1 aliphatic rings. The van der Waals surface area contributed by atoms with E-state index < -0.39 is 0 Å². The molecule has 0 aliphatic carbocycles. The molecule has 0 unspecified atom stereocenters. The highest BCUT2D eigenvalue weighted by Crippen LogP contribution is 2.14. The van der Waals surface area contributed by atoms with Gasteiger partial charge < -0.3 is 25.2 Å². The van der Waals surface area contributed by atoms with E-state index in [2.05, 4.69) is 37.6 Å². The van der Waals surface area contributed by atoms with Crippen LogP contribution in [-0.4, -0.2) is 56.3 Å². The molecular weight excluding hydrogens is 354 g/mol. The Morgan fingerprint density at radius 3 is 2.57 bits per heavy atom. The minimum absolute atomic E-state index is 0.176. The number of hydrogen-bond acceptors (Lipinski definition) is 5. The number of rotatable bonds is 7. The van der Waals surface area contributed by atoms with E-state index in [1.807, 2.05) is 38.4 Å². The van der Waals surface area contributed by atoms with Crippen LogP contribution in [-0.2, 0) is 24.4 Å². The maximum atomic E-state index is 12.2. The number of urea groups is 1. The van der Waals surface area contributed by atoms with Gasteiger partial charge in [-0.15, -0.1) is 0 Å². The summed E-state index contributed by atoms with van der Waals surface area (Å²) in [5, 5.41) is 5.88. The van der Waals surface area contributed by atoms with Crippen LogP contribution in [0.25, 0.3) is 0 Å². The molecule has 2 amide bonds. The van der Waals surface area contributed by atoms with Gasteiger partial charge >= 0.3 is 6.03 Å². The van der Waals surface area contributed by atoms with E-state index in [9.17, 15) is 4.79 Å². The molecule has 150 valence electrons. The van der Waals surface area contributed by atoms with E-state index in [1.54, 1.807) is 6.20 Å². The van der Waals surface area contributed by atoms with Crippen molar-refractivity contribution in [1.82, 2.24) is 20.5 Å². The van der Waals surface area contributed by atoms with Crippen LogP contribution in [0.1, 0.15) is 16.7 Å². The maximum Gasteiger partial charge on any atom is 0.315 e. The molecule has 0 saturated carbocycles. The topological polar surface area (TPSA) is 69.7 Å². The summed E-state index contributed by atoms with van der Waals surface area (Å²) in [6, 6.07) is 11.9. The lowest BCUT2D eigenvalue weighted by atomic mass is 10.1. The van der Waals surface area contributed by atoms with Crippen LogP contribution >= 0.6 is 0 Å². The fourth-order valence-corrected chi connectivity index (χ4v) is 3.18. The standard InChI is InChI=1S/C21H29N5O2/c1-25(2)16-19-6-4-3-5-18(19)15-24-21(27)23-14-17-7-8-22-20(13-17)26-9-11-28-12-10-26/h3-8,13H,9-12,14-16H2,1-2H3,(H2,23,24,27). The zero-order valence-corrected chi connectivity index (χ0v) is 16.6. The Balaban J connectivity index is 1.50. The summed E-state index contributed by atoms with van der Waals surface area (Å²) in [7, 11) is 4.08. The van der Waals surface area contributed by atoms with Gasteiger partial charge in [-0.3, -0.25) is 0 Å². The number of carbonyl (C=O) groups is 1. The number of anilines is 1. The molecule has 7 heteroatoms. The Kier molecular flexibility index (Phi) is 7.22. The fraction of sp³-hybridized carbons (Fsp3) is 0.429. The molecule has 0 spiro atoms. The summed E-state index contributed by atoms with van der Waals surface area (Å²) in [6.07, 6.45) is 1.79. The van der Waals surface area contributed by atoms with Gasteiger partial charge in [-0.05, 0) is 42.9 Å². The average molecular weight is 383 g/mol. The molecule has 0 radical (unpaired) electrons. The van der Waals surface area contributed by atoms with Crippen molar-refractivity contribution in [3.8, 4) is 0 Å². The molecule has 28 heavy (non-hydrogen) atoms. The average Bonchev–Trinajstić information content (AvgIpc) is 2.72. The molecule has 0 bridgehead atoms. The number of ether oxygens (including phenoxy) is 1. The number of morpholine rings is 1. The predicted octanol–water partition coefficient (Wildman–Crippen LogP) is 1.98. The van der Waals surface area contributed by atoms with E-state index in [4.69, 9.17) is 4.74 Å². The minimum Gasteiger partial charge on any atom is -0.378 e. The molecule has 2 aromatic rings. The lowest BCUT2D eigenvalue weighted by molar-refractivity contribution is 0.122. The van der Waals surface area contributed by atoms with Gasteiger partial charge in [-0.25, -0.2) is 9.78 Å². The third kappa shape index (κ3) is 5.94. The molecule has 3 rings (SSSR count). The smallest absolute Gasteiger partial charge is 0.315 e. The molecule has 7 nitrogen and oxygen atoms in total. The zero-order valence-electron chi connectivity index (χ0n) is 16.6. The molecular formula is C21H29N5O2. The Hall–Kier alpha value is -2.64. The van der Waals surface area contributed by atoms with E-state index in [0.717, 1.165) is 49.8 Å². The van der Waals surface area contributed by atoms with Gasteiger partial charge in [0.25, 0.3) is 0 Å². The number of hydrogen-bond donors (Lipinski definition) is 2. The molecule has 1 aromatic carbocycles. The Morgan fingerprint density at radius 1 is 1.11 bits per heavy atom. The molecule has 2 N–H and O–H groups in total. The van der Waals surface area contributed by atoms with Crippen LogP contribution < -0.4 is 15.5 Å². The first-order valence-electron chi connectivity index (χ1n) is 9.62. The van der Waals surface area contributed by atoms with E-state index >= 15 is 0 Å². The summed E-state index contributed by atoms with van der Waals surface area (Å²) in [5.74, 6) is 0.931. The van der Waals surface area contributed by atoms with Gasteiger partial charge in [0.05, 0.1) is 13.2 Å². The zero-order chi connectivity index (χ0) is 19.8. The largest absolute Gasteiger partial charge is 0.378 e. The Morgan fingerprint density at radius 2 is 1.82 bits per heavy atom. The monoisotopic (exact) mass is 383 g/mol. The van der Waals surface area contributed by atoms with Crippen molar-refractivity contribution in [1.29, 1.82) is 0 Å². The van der Waals surface area contributed by atoms with Crippen molar-refractivity contribution < 1.29 is 9.53 Å². The lowest BCUT2D eigenvalue weighted by Crippen LogP contribution is -2.37. The first kappa shape index (κ1) is 20.1. The van der Waals surface area contributed by atoms with Gasteiger partial charge in [-0.1, -0.05) is 24.3 Å². The number of carbonyl (C=O) groups excluding carboxylic acids is 1. The van der Waals surface area contributed by atoms with Crippen LogP contribution in [0.2, 0.25) is 0 Å². The quantitative estimate of drug-likeness (QED) is 0.765. The van der Waals surface area contributed by atoms with Crippen LogP contribution in [0.5, 0.6) is 0 Å². The highest BCUT2D eigenvalue weighted by molar-refractivity contribution is 5.73. The summed E-state index contributed by atoms with van der Waals surface area (Å²) in [4.78, 5) is 21.0. The summed E-state index contributed by atoms with van der Waals surface area (Å²) in [5.41, 5.74) is 3.38. The number of nitrogens with one attached hydrogen (secondary N) is 2. The predicted molar refractivity (Wildman–Crippen MR) is 110 cm³/mol. The third-order valence-electron chi connectivity index (χ3n) is 4.64. The number of benzene rings is 1. The highest BCUT2D eigenvalue weighted by Gasteiger charge is 2.13. The van der Waals surface area contributed by atoms with Crippen molar-refractivity contribution in [3.63, 3.8) is 0 Å². The second-order valence-electron chi connectivity index (χ2n) is 7.16. The van der Waals surface area contributed by atoms with E-state index in [1.165, 1.54) is 5.56 Å². The van der Waals surface area contributed by atoms with E-state index in [-0.39, 0.29) is 6.03 Å². The lowest BCUT2D eigenvalue weighted by Gasteiger charge is -2.28. The summed E-state index contributed by atoms with van der Waals surface area (Å²) < 4.78 is 5.39. The number of aromatic nitrogens is 1. The molecule has 1 aliphatic heterocycles. The van der Waals surface area contributed by atoms with Crippen molar-refractivity contribution in [2.75, 3.05) is 45.3 Å². The van der Waals surface area contributed by atoms with Crippen molar-refractivity contribution >= 4 is 11.8 Å². The molecule has 0 atom stereocenters. The summed E-state index contributed by atoms with van der Waals surface area (Å²) >= 11 is 0. The number of pyridine rings is 1. The van der Waals surface area contributed by atoms with Gasteiger partial charge in [-0.2, -0.15) is 0 Å². The molecule has 1 aromatic heterocycles. The van der Waals surface area contributed by atoms with Crippen molar-refractivity contribution in [3.05, 3.63) is 59.3 Å². The second-order valence-corrected chi connectivity index (χ2v) is 7.16. The summed E-state index contributed by atoms with van der Waals surface area (Å²) in [6.45, 7) is 4.95. The SMILES string of the molecule is CN(C)Cc1ccccc1CNC(=O)NCc1ccnc(N2CCOCC2)c1. The normalized spacial score (nSPS) is 14.2. The van der Waals surface area contributed by atoms with E-state index in [0.29, 0.717) is 13.1 Å². The van der Waals surface area contributed by atoms with Gasteiger partial charge in [0.1, 0.15) is 5.82 Å². The van der Waals surface area contributed by atoms with Crippen LogP contribution in [0.15, 0.2) is 42.6 Å². The third-order valence-corrected chi connectivity index (χ3v) is 4.64. The van der Waals surface area contributed by atoms with Crippen LogP contribution in [0, 0.1) is 0 Å². The Labute approximate surface area is 166 Å². The number of nitrogens with zero attached hydrogens (tertiary/aromatic N) is 3. The van der Waals surface area contributed by atoms with Gasteiger partial charge in [0.15, 0.2) is 0 Å². The molecule has 1 saturated heterocycles.